The van der Waals surface area contributed by atoms with E-state index < -0.39 is 18.0 Å². The summed E-state index contributed by atoms with van der Waals surface area (Å²) in [7, 11) is 0. The van der Waals surface area contributed by atoms with Crippen molar-refractivity contribution in [2.45, 2.75) is 26.0 Å². The highest BCUT2D eigenvalue weighted by molar-refractivity contribution is 6.31. The van der Waals surface area contributed by atoms with E-state index in [9.17, 15) is 9.59 Å². The molecule has 0 radical (unpaired) electrons. The number of carbonyl (C=O) groups excluding carboxylic acids is 2. The van der Waals surface area contributed by atoms with Crippen molar-refractivity contribution in [1.82, 2.24) is 10.7 Å². The molecule has 0 fully saturated rings. The Morgan fingerprint density at radius 1 is 1.00 bits per heavy atom. The van der Waals surface area contributed by atoms with Crippen LogP contribution in [0.2, 0.25) is 10.0 Å². The molecule has 0 saturated heterocycles. The van der Waals surface area contributed by atoms with Gasteiger partial charge in [0, 0.05) is 15.6 Å². The molecular formula is C26H25Cl2N3O4. The van der Waals surface area contributed by atoms with Gasteiger partial charge in [0.05, 0.1) is 25.3 Å². The quantitative estimate of drug-likeness (QED) is 0.261. The van der Waals surface area contributed by atoms with Gasteiger partial charge in [0.25, 0.3) is 0 Å². The first kappa shape index (κ1) is 26.1. The maximum Gasteiger partial charge on any atom is 0.407 e. The van der Waals surface area contributed by atoms with Gasteiger partial charge in [-0.15, -0.1) is 0 Å². The van der Waals surface area contributed by atoms with Crippen molar-refractivity contribution >= 4 is 41.4 Å². The fourth-order valence-corrected chi connectivity index (χ4v) is 3.59. The normalized spacial score (nSPS) is 11.6. The fourth-order valence-electron chi connectivity index (χ4n) is 3.20. The van der Waals surface area contributed by atoms with E-state index in [1.54, 1.807) is 31.2 Å². The van der Waals surface area contributed by atoms with Gasteiger partial charge in [0.1, 0.15) is 12.4 Å². The van der Waals surface area contributed by atoms with Crippen LogP contribution >= 0.6 is 23.2 Å². The number of halogens is 2. The van der Waals surface area contributed by atoms with Crippen molar-refractivity contribution in [3.05, 3.63) is 99.5 Å². The van der Waals surface area contributed by atoms with Crippen molar-refractivity contribution in [2.75, 3.05) is 6.61 Å². The maximum atomic E-state index is 12.6. The number of hydrogen-bond donors (Lipinski definition) is 2. The van der Waals surface area contributed by atoms with Gasteiger partial charge >= 0.3 is 6.09 Å². The maximum absolute atomic E-state index is 12.6. The van der Waals surface area contributed by atoms with E-state index in [1.165, 1.54) is 6.21 Å². The Morgan fingerprint density at radius 3 is 2.51 bits per heavy atom. The molecule has 3 aromatic carbocycles. The van der Waals surface area contributed by atoms with Gasteiger partial charge in [-0.25, -0.2) is 10.2 Å². The van der Waals surface area contributed by atoms with E-state index in [4.69, 9.17) is 32.7 Å². The third kappa shape index (κ3) is 8.63. The first-order valence-corrected chi connectivity index (χ1v) is 11.7. The van der Waals surface area contributed by atoms with Gasteiger partial charge < -0.3 is 14.8 Å². The topological polar surface area (TPSA) is 89.0 Å². The van der Waals surface area contributed by atoms with Crippen LogP contribution in [0, 0.1) is 0 Å². The molecule has 0 aliphatic rings. The molecule has 182 valence electrons. The fraction of sp³-hybridized carbons (Fsp3) is 0.192. The standard InChI is InChI=1S/C26H25Cl2N3O4/c1-2-34-26(33)30-23(19-8-4-3-5-9-19)15-25(32)31-29-16-20-14-22(28)11-12-24(20)35-17-18-7-6-10-21(27)13-18/h3-14,16,23H,2,15,17H2,1H3,(H,30,33)(H,31,32)/b29-16-/t23-/m1/s1. The number of amides is 2. The molecule has 3 rings (SSSR count). The Kier molecular flexibility index (Phi) is 9.95. The van der Waals surface area contributed by atoms with E-state index in [0.717, 1.165) is 11.1 Å². The van der Waals surface area contributed by atoms with Crippen LogP contribution in [0.25, 0.3) is 0 Å². The van der Waals surface area contributed by atoms with Crippen LogP contribution in [0.4, 0.5) is 4.79 Å². The lowest BCUT2D eigenvalue weighted by Gasteiger charge is -2.18. The van der Waals surface area contributed by atoms with E-state index in [-0.39, 0.29) is 13.0 Å². The first-order valence-electron chi connectivity index (χ1n) is 10.9. The summed E-state index contributed by atoms with van der Waals surface area (Å²) in [5, 5.41) is 7.87. The lowest BCUT2D eigenvalue weighted by molar-refractivity contribution is -0.121. The van der Waals surface area contributed by atoms with Crippen LogP contribution in [0.5, 0.6) is 5.75 Å². The van der Waals surface area contributed by atoms with Gasteiger partial charge in [-0.1, -0.05) is 65.7 Å². The molecule has 0 spiro atoms. The molecule has 0 saturated carbocycles. The molecule has 9 heteroatoms. The van der Waals surface area contributed by atoms with E-state index in [1.807, 2.05) is 48.5 Å². The van der Waals surface area contributed by atoms with Crippen LogP contribution in [0.3, 0.4) is 0 Å². The number of hydrogen-bond acceptors (Lipinski definition) is 5. The zero-order valence-electron chi connectivity index (χ0n) is 19.0. The Balaban J connectivity index is 1.64. The number of nitrogens with zero attached hydrogens (tertiary/aromatic N) is 1. The smallest absolute Gasteiger partial charge is 0.407 e. The number of alkyl carbamates (subject to hydrolysis) is 1. The predicted molar refractivity (Wildman–Crippen MR) is 137 cm³/mol. The summed E-state index contributed by atoms with van der Waals surface area (Å²) in [6.07, 6.45) is 0.819. The Hall–Kier alpha value is -3.55. The second-order valence-electron chi connectivity index (χ2n) is 7.43. The van der Waals surface area contributed by atoms with Gasteiger partial charge in [-0.05, 0) is 48.4 Å². The number of benzene rings is 3. The van der Waals surface area contributed by atoms with Gasteiger partial charge in [-0.3, -0.25) is 4.79 Å². The van der Waals surface area contributed by atoms with E-state index >= 15 is 0 Å². The molecule has 1 atom stereocenters. The summed E-state index contributed by atoms with van der Waals surface area (Å²) in [6, 6.07) is 21.1. The molecule has 0 aliphatic heterocycles. The average Bonchev–Trinajstić information content (AvgIpc) is 2.84. The van der Waals surface area contributed by atoms with Crippen molar-refractivity contribution in [3.8, 4) is 5.75 Å². The molecule has 0 aliphatic carbocycles. The van der Waals surface area contributed by atoms with Crippen LogP contribution < -0.4 is 15.5 Å². The minimum Gasteiger partial charge on any atom is -0.488 e. The second-order valence-corrected chi connectivity index (χ2v) is 8.30. The van der Waals surface area contributed by atoms with Crippen LogP contribution in [0.1, 0.15) is 36.1 Å². The first-order chi connectivity index (χ1) is 16.9. The molecule has 35 heavy (non-hydrogen) atoms. The van der Waals surface area contributed by atoms with Gasteiger partial charge in [-0.2, -0.15) is 5.10 Å². The molecule has 2 amide bonds. The number of nitrogens with one attached hydrogen (secondary N) is 2. The average molecular weight is 514 g/mol. The van der Waals surface area contributed by atoms with Crippen LogP contribution in [0.15, 0.2) is 77.9 Å². The highest BCUT2D eigenvalue weighted by Gasteiger charge is 2.18. The van der Waals surface area contributed by atoms with E-state index in [2.05, 4.69) is 15.8 Å². The monoisotopic (exact) mass is 513 g/mol. The highest BCUT2D eigenvalue weighted by Crippen LogP contribution is 2.23. The number of rotatable bonds is 10. The van der Waals surface area contributed by atoms with Crippen LogP contribution in [-0.4, -0.2) is 24.8 Å². The minimum atomic E-state index is -0.599. The SMILES string of the molecule is CCOC(=O)N[C@H](CC(=O)N/N=C\c1cc(Cl)ccc1OCc1cccc(Cl)c1)c1ccccc1. The molecule has 0 heterocycles. The van der Waals surface area contributed by atoms with E-state index in [0.29, 0.717) is 28.0 Å². The lowest BCUT2D eigenvalue weighted by Crippen LogP contribution is -2.33. The number of carbonyl (C=O) groups is 2. The molecule has 3 aromatic rings. The molecule has 0 unspecified atom stereocenters. The van der Waals surface area contributed by atoms with Crippen LogP contribution in [-0.2, 0) is 16.1 Å². The third-order valence-electron chi connectivity index (χ3n) is 4.81. The Labute approximate surface area is 214 Å². The van der Waals surface area contributed by atoms with Crippen molar-refractivity contribution < 1.29 is 19.1 Å². The van der Waals surface area contributed by atoms with Gasteiger partial charge in [0.15, 0.2) is 0 Å². The molecule has 0 bridgehead atoms. The highest BCUT2D eigenvalue weighted by atomic mass is 35.5. The summed E-state index contributed by atoms with van der Waals surface area (Å²) < 4.78 is 10.9. The number of ether oxygens (including phenoxy) is 2. The molecule has 0 aromatic heterocycles. The summed E-state index contributed by atoms with van der Waals surface area (Å²) in [5.74, 6) is 0.147. The molecular weight excluding hydrogens is 489 g/mol. The number of hydrazone groups is 1. The largest absolute Gasteiger partial charge is 0.488 e. The summed E-state index contributed by atoms with van der Waals surface area (Å²) in [4.78, 5) is 24.5. The van der Waals surface area contributed by atoms with Crippen molar-refractivity contribution in [1.29, 1.82) is 0 Å². The van der Waals surface area contributed by atoms with Gasteiger partial charge in [0.2, 0.25) is 5.91 Å². The predicted octanol–water partition coefficient (Wildman–Crippen LogP) is 5.90. The lowest BCUT2D eigenvalue weighted by atomic mass is 10.0. The summed E-state index contributed by atoms with van der Waals surface area (Å²) >= 11 is 12.2. The summed E-state index contributed by atoms with van der Waals surface area (Å²) in [6.45, 7) is 2.24. The Bertz CT molecular complexity index is 1170. The minimum absolute atomic E-state index is 0.0339. The zero-order valence-corrected chi connectivity index (χ0v) is 20.6. The van der Waals surface area contributed by atoms with Crippen molar-refractivity contribution in [3.63, 3.8) is 0 Å². The summed E-state index contributed by atoms with van der Waals surface area (Å²) in [5.41, 5.74) is 4.75. The Morgan fingerprint density at radius 2 is 1.77 bits per heavy atom. The van der Waals surface area contributed by atoms with Crippen molar-refractivity contribution in [2.24, 2.45) is 5.10 Å². The molecule has 7 nitrogen and oxygen atoms in total. The molecule has 2 N–H and O–H groups in total. The zero-order chi connectivity index (χ0) is 25.0. The third-order valence-corrected chi connectivity index (χ3v) is 5.28. The second kappa shape index (κ2) is 13.4.